The summed E-state index contributed by atoms with van der Waals surface area (Å²) in [4.78, 5) is 7.62. The fourth-order valence-corrected chi connectivity index (χ4v) is 2.86. The number of aromatic nitrogens is 1. The van der Waals surface area contributed by atoms with E-state index in [0.29, 0.717) is 0 Å². The Hall–Kier alpha value is -0.650. The molecule has 0 unspecified atom stereocenters. The summed E-state index contributed by atoms with van der Waals surface area (Å²) in [6, 6.07) is 0. The van der Waals surface area contributed by atoms with Gasteiger partial charge in [-0.25, -0.2) is 4.98 Å². The molecule has 1 N–H and O–H groups in total. The number of hydrogen-bond acceptors (Lipinski definition) is 5. The minimum atomic E-state index is -0.539. The number of anilines is 1. The van der Waals surface area contributed by atoms with Crippen molar-refractivity contribution in [3.05, 3.63) is 11.1 Å². The fraction of sp³-hybridized carbons (Fsp3) is 0.700. The predicted molar refractivity (Wildman–Crippen MR) is 58.3 cm³/mol. The second-order valence-electron chi connectivity index (χ2n) is 4.14. The minimum absolute atomic E-state index is 0.539. The number of ether oxygens (including phenoxy) is 1. The van der Waals surface area contributed by atoms with Crippen LogP contribution in [0.5, 0.6) is 0 Å². The molecule has 0 aromatic carbocycles. The molecule has 2 heterocycles. The van der Waals surface area contributed by atoms with Crippen LogP contribution in [0.25, 0.3) is 0 Å². The third kappa shape index (κ3) is 1.75. The molecule has 1 aromatic rings. The summed E-state index contributed by atoms with van der Waals surface area (Å²) in [6.07, 6.45) is 3.60. The van der Waals surface area contributed by atoms with E-state index in [-0.39, 0.29) is 0 Å². The van der Waals surface area contributed by atoms with Crippen molar-refractivity contribution in [2.45, 2.75) is 18.4 Å². The first-order chi connectivity index (χ1) is 7.28. The van der Waals surface area contributed by atoms with Gasteiger partial charge in [-0.3, -0.25) is 0 Å². The minimum Gasteiger partial charge on any atom is -0.384 e. The number of hydrogen-bond donors (Lipinski definition) is 1. The molecular weight excluding hydrogens is 212 g/mol. The Morgan fingerprint density at radius 1 is 1.40 bits per heavy atom. The lowest BCUT2D eigenvalue weighted by Crippen LogP contribution is -2.36. The molecule has 1 aliphatic carbocycles. The van der Waals surface area contributed by atoms with Crippen LogP contribution in [0.2, 0.25) is 0 Å². The predicted octanol–water partition coefficient (Wildman–Crippen LogP) is 0.961. The number of thiazole rings is 1. The maximum atomic E-state index is 9.94. The van der Waals surface area contributed by atoms with Crippen LogP contribution in [0.4, 0.5) is 5.13 Å². The molecule has 1 aromatic heterocycles. The van der Waals surface area contributed by atoms with Gasteiger partial charge in [0.05, 0.1) is 18.1 Å². The molecule has 1 saturated heterocycles. The van der Waals surface area contributed by atoms with E-state index in [9.17, 15) is 5.11 Å². The fourth-order valence-electron chi connectivity index (χ4n) is 1.75. The number of rotatable bonds is 2. The number of nitrogens with zero attached hydrogens (tertiary/aromatic N) is 2. The molecule has 2 fully saturated rings. The lowest BCUT2D eigenvalue weighted by atomic mass is 10.3. The molecule has 0 atom stereocenters. The number of morpholine rings is 1. The molecule has 0 bridgehead atoms. The maximum Gasteiger partial charge on any atom is 0.185 e. The first-order valence-electron chi connectivity index (χ1n) is 5.29. The molecule has 0 radical (unpaired) electrons. The monoisotopic (exact) mass is 226 g/mol. The molecule has 1 aliphatic heterocycles. The van der Waals surface area contributed by atoms with Gasteiger partial charge in [0.2, 0.25) is 0 Å². The van der Waals surface area contributed by atoms with Crippen molar-refractivity contribution in [1.82, 2.24) is 4.98 Å². The molecule has 0 amide bonds. The van der Waals surface area contributed by atoms with Crippen molar-refractivity contribution in [3.63, 3.8) is 0 Å². The highest BCUT2D eigenvalue weighted by molar-refractivity contribution is 7.15. The van der Waals surface area contributed by atoms with Crippen LogP contribution in [0.15, 0.2) is 6.20 Å². The summed E-state index contributed by atoms with van der Waals surface area (Å²) in [5, 5.41) is 11.0. The van der Waals surface area contributed by atoms with E-state index >= 15 is 0 Å². The van der Waals surface area contributed by atoms with Gasteiger partial charge >= 0.3 is 0 Å². The quantitative estimate of drug-likeness (QED) is 0.816. The van der Waals surface area contributed by atoms with Gasteiger partial charge in [-0.2, -0.15) is 0 Å². The van der Waals surface area contributed by atoms with E-state index in [1.165, 1.54) is 0 Å². The molecule has 82 valence electrons. The van der Waals surface area contributed by atoms with Gasteiger partial charge < -0.3 is 14.7 Å². The van der Waals surface area contributed by atoms with Crippen molar-refractivity contribution in [3.8, 4) is 0 Å². The normalized spacial score (nSPS) is 24.2. The van der Waals surface area contributed by atoms with Crippen molar-refractivity contribution in [2.24, 2.45) is 0 Å². The summed E-state index contributed by atoms with van der Waals surface area (Å²) < 4.78 is 5.29. The van der Waals surface area contributed by atoms with E-state index in [1.54, 1.807) is 11.3 Å². The van der Waals surface area contributed by atoms with Gasteiger partial charge in [-0.05, 0) is 12.8 Å². The highest BCUT2D eigenvalue weighted by Crippen LogP contribution is 2.48. The van der Waals surface area contributed by atoms with E-state index in [0.717, 1.165) is 49.2 Å². The van der Waals surface area contributed by atoms with Gasteiger partial charge in [0, 0.05) is 19.3 Å². The zero-order valence-electron chi connectivity index (χ0n) is 8.48. The largest absolute Gasteiger partial charge is 0.384 e. The smallest absolute Gasteiger partial charge is 0.185 e. The second kappa shape index (κ2) is 3.43. The first-order valence-corrected chi connectivity index (χ1v) is 6.11. The van der Waals surface area contributed by atoms with Crippen LogP contribution in [-0.2, 0) is 10.3 Å². The third-order valence-electron chi connectivity index (χ3n) is 2.96. The van der Waals surface area contributed by atoms with Crippen molar-refractivity contribution in [1.29, 1.82) is 0 Å². The molecule has 15 heavy (non-hydrogen) atoms. The van der Waals surface area contributed by atoms with Gasteiger partial charge in [0.1, 0.15) is 5.60 Å². The zero-order valence-corrected chi connectivity index (χ0v) is 9.29. The van der Waals surface area contributed by atoms with Gasteiger partial charge in [0.15, 0.2) is 5.13 Å². The highest BCUT2D eigenvalue weighted by atomic mass is 32.1. The summed E-state index contributed by atoms with van der Waals surface area (Å²) >= 11 is 1.62. The Kier molecular flexibility index (Phi) is 2.19. The maximum absolute atomic E-state index is 9.94. The molecule has 3 rings (SSSR count). The molecule has 4 nitrogen and oxygen atoms in total. The Labute approximate surface area is 92.5 Å². The van der Waals surface area contributed by atoms with E-state index in [2.05, 4.69) is 9.88 Å². The van der Waals surface area contributed by atoms with Crippen LogP contribution in [0.1, 0.15) is 17.7 Å². The van der Waals surface area contributed by atoms with Crippen LogP contribution < -0.4 is 4.90 Å². The first kappa shape index (κ1) is 9.57. The zero-order chi connectivity index (χ0) is 10.3. The molecule has 5 heteroatoms. The Morgan fingerprint density at radius 2 is 2.13 bits per heavy atom. The molecular formula is C10H14N2O2S. The van der Waals surface area contributed by atoms with Crippen molar-refractivity contribution in [2.75, 3.05) is 31.2 Å². The van der Waals surface area contributed by atoms with Gasteiger partial charge in [-0.1, -0.05) is 11.3 Å². The van der Waals surface area contributed by atoms with Gasteiger partial charge in [-0.15, -0.1) is 0 Å². The highest BCUT2D eigenvalue weighted by Gasteiger charge is 2.44. The van der Waals surface area contributed by atoms with Crippen molar-refractivity contribution >= 4 is 16.5 Å². The van der Waals surface area contributed by atoms with Crippen LogP contribution in [0.3, 0.4) is 0 Å². The number of aliphatic hydroxyl groups is 1. The van der Waals surface area contributed by atoms with Gasteiger partial charge in [0.25, 0.3) is 0 Å². The summed E-state index contributed by atoms with van der Waals surface area (Å²) in [6.45, 7) is 3.37. The summed E-state index contributed by atoms with van der Waals surface area (Å²) in [5.74, 6) is 0. The summed E-state index contributed by atoms with van der Waals surface area (Å²) in [7, 11) is 0. The Balaban J connectivity index is 1.77. The molecule has 0 spiro atoms. The lowest BCUT2D eigenvalue weighted by Gasteiger charge is -2.26. The third-order valence-corrected chi connectivity index (χ3v) is 4.21. The average Bonchev–Trinajstić information content (AvgIpc) is 2.85. The topological polar surface area (TPSA) is 45.6 Å². The van der Waals surface area contributed by atoms with Crippen LogP contribution in [-0.4, -0.2) is 36.4 Å². The molecule has 2 aliphatic rings. The van der Waals surface area contributed by atoms with Crippen LogP contribution >= 0.6 is 11.3 Å². The van der Waals surface area contributed by atoms with Crippen LogP contribution in [0, 0.1) is 0 Å². The standard InChI is InChI=1S/C10H14N2O2S/c13-10(1-2-10)8-7-11-9(15-8)12-3-5-14-6-4-12/h7,13H,1-6H2. The average molecular weight is 226 g/mol. The van der Waals surface area contributed by atoms with E-state index in [1.807, 2.05) is 6.20 Å². The van der Waals surface area contributed by atoms with Crippen molar-refractivity contribution < 1.29 is 9.84 Å². The lowest BCUT2D eigenvalue weighted by molar-refractivity contribution is 0.122. The van der Waals surface area contributed by atoms with E-state index in [4.69, 9.17) is 4.74 Å². The SMILES string of the molecule is OC1(c2cnc(N3CCOCC3)s2)CC1. The van der Waals surface area contributed by atoms with E-state index < -0.39 is 5.60 Å². The second-order valence-corrected chi connectivity index (χ2v) is 5.15. The molecule has 1 saturated carbocycles. The summed E-state index contributed by atoms with van der Waals surface area (Å²) in [5.41, 5.74) is -0.539. The Bertz CT molecular complexity index is 356. The Morgan fingerprint density at radius 3 is 2.80 bits per heavy atom.